The third-order valence-corrected chi connectivity index (χ3v) is 3.56. The summed E-state index contributed by atoms with van der Waals surface area (Å²) in [6.07, 6.45) is 3.35. The van der Waals surface area contributed by atoms with Crippen molar-refractivity contribution in [2.75, 3.05) is 11.9 Å². The molecule has 6 nitrogen and oxygen atoms in total. The summed E-state index contributed by atoms with van der Waals surface area (Å²) >= 11 is 0. The molecule has 1 aromatic carbocycles. The fourth-order valence-corrected chi connectivity index (χ4v) is 2.25. The number of hydrogen-bond donors (Lipinski definition) is 3. The number of hydrogen-bond acceptors (Lipinski definition) is 4. The minimum absolute atomic E-state index is 0.0403. The number of amides is 1. The number of nitriles is 1. The van der Waals surface area contributed by atoms with Gasteiger partial charge in [-0.2, -0.15) is 5.26 Å². The molecule has 0 saturated heterocycles. The Labute approximate surface area is 142 Å². The molecule has 0 aliphatic heterocycles. The summed E-state index contributed by atoms with van der Waals surface area (Å²) in [6, 6.07) is 7.73. The van der Waals surface area contributed by atoms with Gasteiger partial charge in [-0.15, -0.1) is 0 Å². The lowest BCUT2D eigenvalue weighted by Gasteiger charge is -2.14. The first-order valence-corrected chi connectivity index (χ1v) is 8.01. The SMILES string of the molecule is CCc1cccc(CC)c1NC(=O)/C(C#N)=C\NCCCC(=O)O. The highest BCUT2D eigenvalue weighted by Crippen LogP contribution is 2.23. The first-order valence-electron chi connectivity index (χ1n) is 8.01. The van der Waals surface area contributed by atoms with Crippen LogP contribution in [0.4, 0.5) is 5.69 Å². The molecular formula is C18H23N3O3. The zero-order chi connectivity index (χ0) is 17.9. The van der Waals surface area contributed by atoms with Crippen LogP contribution in [0.25, 0.3) is 0 Å². The van der Waals surface area contributed by atoms with E-state index in [9.17, 15) is 9.59 Å². The average molecular weight is 329 g/mol. The minimum atomic E-state index is -0.873. The molecule has 1 rings (SSSR count). The standard InChI is InChI=1S/C18H23N3O3/c1-3-13-7-5-8-14(4-2)17(13)21-18(24)15(11-19)12-20-10-6-9-16(22)23/h5,7-8,12,20H,3-4,6,9-10H2,1-2H3,(H,21,24)(H,22,23)/b15-12-. The van der Waals surface area contributed by atoms with E-state index in [0.29, 0.717) is 13.0 Å². The lowest BCUT2D eigenvalue weighted by Crippen LogP contribution is -2.19. The molecular weight excluding hydrogens is 306 g/mol. The molecule has 0 aromatic heterocycles. The predicted octanol–water partition coefficient (Wildman–Crippen LogP) is 2.61. The van der Waals surface area contributed by atoms with E-state index < -0.39 is 11.9 Å². The highest BCUT2D eigenvalue weighted by Gasteiger charge is 2.13. The average Bonchev–Trinajstić information content (AvgIpc) is 2.57. The molecule has 0 spiro atoms. The Morgan fingerprint density at radius 1 is 1.25 bits per heavy atom. The summed E-state index contributed by atoms with van der Waals surface area (Å²) < 4.78 is 0. The third kappa shape index (κ3) is 5.76. The van der Waals surface area contributed by atoms with E-state index in [4.69, 9.17) is 10.4 Å². The molecule has 0 fully saturated rings. The lowest BCUT2D eigenvalue weighted by atomic mass is 10.0. The summed E-state index contributed by atoms with van der Waals surface area (Å²) in [5, 5.41) is 23.4. The van der Waals surface area contributed by atoms with Gasteiger partial charge in [-0.05, 0) is 30.4 Å². The van der Waals surface area contributed by atoms with E-state index in [0.717, 1.165) is 29.7 Å². The molecule has 0 heterocycles. The summed E-state index contributed by atoms with van der Waals surface area (Å²) in [5.74, 6) is -1.35. The van der Waals surface area contributed by atoms with Gasteiger partial charge < -0.3 is 15.7 Å². The van der Waals surface area contributed by atoms with Crippen molar-refractivity contribution in [1.29, 1.82) is 5.26 Å². The van der Waals surface area contributed by atoms with Crippen molar-refractivity contribution in [3.05, 3.63) is 41.1 Å². The predicted molar refractivity (Wildman–Crippen MR) is 92.4 cm³/mol. The maximum Gasteiger partial charge on any atom is 0.303 e. The zero-order valence-corrected chi connectivity index (χ0v) is 14.1. The fraction of sp³-hybridized carbons (Fsp3) is 0.389. The Morgan fingerprint density at radius 2 is 1.88 bits per heavy atom. The smallest absolute Gasteiger partial charge is 0.303 e. The number of carbonyl (C=O) groups excluding carboxylic acids is 1. The van der Waals surface area contributed by atoms with Crippen molar-refractivity contribution in [3.63, 3.8) is 0 Å². The van der Waals surface area contributed by atoms with E-state index in [1.54, 1.807) is 0 Å². The maximum absolute atomic E-state index is 12.3. The number of nitrogens with one attached hydrogen (secondary N) is 2. The molecule has 0 aliphatic carbocycles. The number of benzene rings is 1. The van der Waals surface area contributed by atoms with E-state index in [1.807, 2.05) is 38.1 Å². The molecule has 0 aliphatic rings. The number of rotatable bonds is 9. The van der Waals surface area contributed by atoms with Gasteiger partial charge in [0.1, 0.15) is 11.6 Å². The topological polar surface area (TPSA) is 102 Å². The van der Waals surface area contributed by atoms with Gasteiger partial charge in [0, 0.05) is 24.9 Å². The summed E-state index contributed by atoms with van der Waals surface area (Å²) in [4.78, 5) is 22.7. The van der Waals surface area contributed by atoms with Crippen molar-refractivity contribution in [1.82, 2.24) is 5.32 Å². The first-order chi connectivity index (χ1) is 11.5. The Morgan fingerprint density at radius 3 is 2.38 bits per heavy atom. The molecule has 0 radical (unpaired) electrons. The van der Waals surface area contributed by atoms with Crippen molar-refractivity contribution in [3.8, 4) is 6.07 Å². The van der Waals surface area contributed by atoms with E-state index in [1.165, 1.54) is 6.20 Å². The summed E-state index contributed by atoms with van der Waals surface area (Å²) in [5.41, 5.74) is 2.77. The quantitative estimate of drug-likeness (QED) is 0.367. The van der Waals surface area contributed by atoms with Gasteiger partial charge in [-0.1, -0.05) is 32.0 Å². The third-order valence-electron chi connectivity index (χ3n) is 3.56. The normalized spacial score (nSPS) is 10.8. The van der Waals surface area contributed by atoms with Crippen LogP contribution in [0.1, 0.15) is 37.8 Å². The second-order valence-corrected chi connectivity index (χ2v) is 5.23. The summed E-state index contributed by atoms with van der Waals surface area (Å²) in [7, 11) is 0. The molecule has 0 unspecified atom stereocenters. The number of nitrogens with zero attached hydrogens (tertiary/aromatic N) is 1. The van der Waals surface area contributed by atoms with Gasteiger partial charge in [0.05, 0.1) is 0 Å². The fourth-order valence-electron chi connectivity index (χ4n) is 2.25. The van der Waals surface area contributed by atoms with Crippen LogP contribution >= 0.6 is 0 Å². The Hall–Kier alpha value is -2.81. The number of carboxylic acids is 1. The van der Waals surface area contributed by atoms with Crippen molar-refractivity contribution in [2.45, 2.75) is 39.5 Å². The molecule has 3 N–H and O–H groups in total. The molecule has 0 bridgehead atoms. The Bertz CT molecular complexity index is 638. The van der Waals surface area contributed by atoms with E-state index >= 15 is 0 Å². The molecule has 1 amide bonds. The van der Waals surface area contributed by atoms with Gasteiger partial charge in [-0.25, -0.2) is 0 Å². The Kier molecular flexibility index (Phi) is 8.06. The van der Waals surface area contributed by atoms with Crippen LogP contribution in [0, 0.1) is 11.3 Å². The summed E-state index contributed by atoms with van der Waals surface area (Å²) in [6.45, 7) is 4.40. The van der Waals surface area contributed by atoms with Crippen LogP contribution in [-0.4, -0.2) is 23.5 Å². The van der Waals surface area contributed by atoms with Crippen molar-refractivity contribution >= 4 is 17.6 Å². The van der Waals surface area contributed by atoms with Gasteiger partial charge >= 0.3 is 5.97 Å². The number of aryl methyl sites for hydroxylation is 2. The molecule has 1 aromatic rings. The van der Waals surface area contributed by atoms with E-state index in [2.05, 4.69) is 10.6 Å². The van der Waals surface area contributed by atoms with Crippen LogP contribution < -0.4 is 10.6 Å². The molecule has 0 atom stereocenters. The van der Waals surface area contributed by atoms with Crippen LogP contribution in [-0.2, 0) is 22.4 Å². The largest absolute Gasteiger partial charge is 0.481 e. The highest BCUT2D eigenvalue weighted by molar-refractivity contribution is 6.07. The molecule has 6 heteroatoms. The first kappa shape index (κ1) is 19.2. The van der Waals surface area contributed by atoms with Crippen LogP contribution in [0.5, 0.6) is 0 Å². The van der Waals surface area contributed by atoms with Crippen molar-refractivity contribution in [2.24, 2.45) is 0 Å². The molecule has 24 heavy (non-hydrogen) atoms. The second-order valence-electron chi connectivity index (χ2n) is 5.23. The van der Waals surface area contributed by atoms with Crippen molar-refractivity contribution < 1.29 is 14.7 Å². The molecule has 0 saturated carbocycles. The maximum atomic E-state index is 12.3. The lowest BCUT2D eigenvalue weighted by molar-refractivity contribution is -0.137. The van der Waals surface area contributed by atoms with Gasteiger partial charge in [0.25, 0.3) is 5.91 Å². The second kappa shape index (κ2) is 10.1. The van der Waals surface area contributed by atoms with E-state index in [-0.39, 0.29) is 12.0 Å². The number of aliphatic carboxylic acids is 1. The highest BCUT2D eigenvalue weighted by atomic mass is 16.4. The van der Waals surface area contributed by atoms with Gasteiger partial charge in [0.15, 0.2) is 0 Å². The number of carboxylic acid groups (broad SMARTS) is 1. The zero-order valence-electron chi connectivity index (χ0n) is 14.1. The Balaban J connectivity index is 2.78. The van der Waals surface area contributed by atoms with Crippen LogP contribution in [0.3, 0.4) is 0 Å². The molecule has 128 valence electrons. The number of anilines is 1. The number of carbonyl (C=O) groups is 2. The minimum Gasteiger partial charge on any atom is -0.481 e. The van der Waals surface area contributed by atoms with Crippen LogP contribution in [0.15, 0.2) is 30.0 Å². The van der Waals surface area contributed by atoms with Crippen LogP contribution in [0.2, 0.25) is 0 Å². The number of para-hydroxylation sites is 1. The van der Waals surface area contributed by atoms with Gasteiger partial charge in [0.2, 0.25) is 0 Å². The van der Waals surface area contributed by atoms with Gasteiger partial charge in [-0.3, -0.25) is 9.59 Å². The monoisotopic (exact) mass is 329 g/mol.